The molecule has 0 saturated carbocycles. The lowest BCUT2D eigenvalue weighted by Gasteiger charge is -2.03. The van der Waals surface area contributed by atoms with Crippen LogP contribution in [0.4, 0.5) is 0 Å². The van der Waals surface area contributed by atoms with E-state index in [9.17, 15) is 13.2 Å². The zero-order valence-corrected chi connectivity index (χ0v) is 11.5. The molecule has 0 saturated heterocycles. The average Bonchev–Trinajstić information content (AvgIpc) is 2.98. The first-order chi connectivity index (χ1) is 9.40. The Labute approximate surface area is 115 Å². The van der Waals surface area contributed by atoms with Gasteiger partial charge in [0, 0.05) is 38.6 Å². The van der Waals surface area contributed by atoms with Gasteiger partial charge in [0.1, 0.15) is 16.4 Å². The normalized spacial score (nSPS) is 11.7. The first-order valence-electron chi connectivity index (χ1n) is 5.78. The van der Waals surface area contributed by atoms with Crippen LogP contribution in [0, 0.1) is 0 Å². The molecule has 9 heteroatoms. The molecule has 0 aliphatic heterocycles. The lowest BCUT2D eigenvalue weighted by atomic mass is 10.4. The van der Waals surface area contributed by atoms with Crippen molar-refractivity contribution in [2.75, 3.05) is 6.54 Å². The first kappa shape index (κ1) is 14.3. The second-order valence-corrected chi connectivity index (χ2v) is 5.93. The molecule has 0 spiro atoms. The third kappa shape index (κ3) is 3.06. The summed E-state index contributed by atoms with van der Waals surface area (Å²) in [5, 5.41) is 8.90. The van der Waals surface area contributed by atoms with Gasteiger partial charge in [0.25, 0.3) is 0 Å². The molecule has 0 radical (unpaired) electrons. The number of sulfonamides is 1. The monoisotopic (exact) mass is 298 g/mol. The molecule has 0 bridgehead atoms. The van der Waals surface area contributed by atoms with Crippen molar-refractivity contribution in [2.24, 2.45) is 7.05 Å². The molecule has 2 aromatic heterocycles. The van der Waals surface area contributed by atoms with Crippen LogP contribution in [0.2, 0.25) is 0 Å². The van der Waals surface area contributed by atoms with Crippen LogP contribution in [-0.2, 0) is 23.5 Å². The van der Waals surface area contributed by atoms with Gasteiger partial charge >= 0.3 is 5.97 Å². The van der Waals surface area contributed by atoms with Crippen LogP contribution in [0.15, 0.2) is 29.6 Å². The minimum Gasteiger partial charge on any atom is -0.477 e. The molecule has 20 heavy (non-hydrogen) atoms. The van der Waals surface area contributed by atoms with Gasteiger partial charge in [-0.2, -0.15) is 0 Å². The predicted molar refractivity (Wildman–Crippen MR) is 69.9 cm³/mol. The van der Waals surface area contributed by atoms with Crippen molar-refractivity contribution >= 4 is 16.0 Å². The van der Waals surface area contributed by atoms with Crippen molar-refractivity contribution in [1.29, 1.82) is 0 Å². The zero-order chi connectivity index (χ0) is 14.8. The van der Waals surface area contributed by atoms with E-state index in [4.69, 9.17) is 5.11 Å². The van der Waals surface area contributed by atoms with E-state index in [1.54, 1.807) is 12.4 Å². The molecule has 2 aromatic rings. The SMILES string of the molecule is Cn1cc(S(=O)(=O)NCCc2ncc[nH]2)cc1C(=O)O. The summed E-state index contributed by atoms with van der Waals surface area (Å²) in [6, 6.07) is 1.12. The van der Waals surface area contributed by atoms with Crippen LogP contribution in [0.25, 0.3) is 0 Å². The van der Waals surface area contributed by atoms with E-state index in [0.29, 0.717) is 12.2 Å². The molecule has 0 amide bonds. The van der Waals surface area contributed by atoms with Crippen molar-refractivity contribution in [2.45, 2.75) is 11.3 Å². The van der Waals surface area contributed by atoms with Crippen LogP contribution in [-0.4, -0.2) is 40.6 Å². The molecule has 0 atom stereocenters. The van der Waals surface area contributed by atoms with Gasteiger partial charge in [-0.15, -0.1) is 0 Å². The predicted octanol–water partition coefficient (Wildman–Crippen LogP) is -0.0326. The minimum absolute atomic E-state index is 0.0724. The van der Waals surface area contributed by atoms with Crippen LogP contribution < -0.4 is 4.72 Å². The fraction of sp³-hybridized carbons (Fsp3) is 0.273. The molecule has 0 fully saturated rings. The maximum absolute atomic E-state index is 12.0. The lowest BCUT2D eigenvalue weighted by molar-refractivity contribution is 0.0686. The fourth-order valence-corrected chi connectivity index (χ4v) is 2.82. The molecular weight excluding hydrogens is 284 g/mol. The van der Waals surface area contributed by atoms with Crippen molar-refractivity contribution in [3.8, 4) is 0 Å². The Balaban J connectivity index is 2.06. The van der Waals surface area contributed by atoms with Gasteiger partial charge in [-0.3, -0.25) is 0 Å². The molecule has 2 rings (SSSR count). The molecule has 0 aromatic carbocycles. The van der Waals surface area contributed by atoms with Gasteiger partial charge in [-0.1, -0.05) is 0 Å². The molecule has 0 unspecified atom stereocenters. The van der Waals surface area contributed by atoms with Crippen LogP contribution in [0.1, 0.15) is 16.3 Å². The number of aromatic carboxylic acids is 1. The number of aromatic nitrogens is 3. The zero-order valence-electron chi connectivity index (χ0n) is 10.7. The second-order valence-electron chi connectivity index (χ2n) is 4.16. The second kappa shape index (κ2) is 5.47. The van der Waals surface area contributed by atoms with Crippen molar-refractivity contribution in [3.63, 3.8) is 0 Å². The maximum atomic E-state index is 12.0. The third-order valence-corrected chi connectivity index (χ3v) is 4.15. The third-order valence-electron chi connectivity index (χ3n) is 2.72. The van der Waals surface area contributed by atoms with Gasteiger partial charge in [0.15, 0.2) is 0 Å². The smallest absolute Gasteiger partial charge is 0.352 e. The number of nitrogens with one attached hydrogen (secondary N) is 2. The van der Waals surface area contributed by atoms with E-state index >= 15 is 0 Å². The van der Waals surface area contributed by atoms with E-state index in [0.717, 1.165) is 6.07 Å². The Morgan fingerprint density at radius 3 is 2.85 bits per heavy atom. The number of H-pyrrole nitrogens is 1. The van der Waals surface area contributed by atoms with E-state index in [2.05, 4.69) is 14.7 Å². The topological polar surface area (TPSA) is 117 Å². The van der Waals surface area contributed by atoms with Crippen LogP contribution in [0.3, 0.4) is 0 Å². The largest absolute Gasteiger partial charge is 0.477 e. The number of hydrogen-bond donors (Lipinski definition) is 3. The van der Waals surface area contributed by atoms with Gasteiger partial charge in [-0.05, 0) is 6.07 Å². The summed E-state index contributed by atoms with van der Waals surface area (Å²) < 4.78 is 27.7. The van der Waals surface area contributed by atoms with Crippen LogP contribution >= 0.6 is 0 Å². The highest BCUT2D eigenvalue weighted by Gasteiger charge is 2.19. The summed E-state index contributed by atoms with van der Waals surface area (Å²) in [6.07, 6.45) is 4.92. The number of imidazole rings is 1. The van der Waals surface area contributed by atoms with Crippen molar-refractivity contribution in [3.05, 3.63) is 36.2 Å². The molecule has 0 aliphatic carbocycles. The number of carboxylic acids is 1. The summed E-state index contributed by atoms with van der Waals surface area (Å²) in [6.45, 7) is 0.174. The number of carboxylic acid groups (broad SMARTS) is 1. The number of hydrogen-bond acceptors (Lipinski definition) is 4. The molecule has 8 nitrogen and oxygen atoms in total. The Kier molecular flexibility index (Phi) is 3.91. The van der Waals surface area contributed by atoms with Gasteiger partial charge in [0.05, 0.1) is 0 Å². The lowest BCUT2D eigenvalue weighted by Crippen LogP contribution is -2.26. The van der Waals surface area contributed by atoms with Crippen molar-refractivity contribution in [1.82, 2.24) is 19.3 Å². The van der Waals surface area contributed by atoms with Gasteiger partial charge in [-0.25, -0.2) is 22.9 Å². The molecule has 0 aliphatic rings. The Hall–Kier alpha value is -2.13. The number of rotatable bonds is 6. The highest BCUT2D eigenvalue weighted by atomic mass is 32.2. The van der Waals surface area contributed by atoms with E-state index < -0.39 is 16.0 Å². The van der Waals surface area contributed by atoms with Crippen LogP contribution in [0.5, 0.6) is 0 Å². The molecular formula is C11H14N4O4S. The molecule has 2 heterocycles. The summed E-state index contributed by atoms with van der Waals surface area (Å²) >= 11 is 0. The van der Waals surface area contributed by atoms with E-state index in [1.807, 2.05) is 0 Å². The summed E-state index contributed by atoms with van der Waals surface area (Å²) in [5.74, 6) is -0.503. The Bertz CT molecular complexity index is 703. The average molecular weight is 298 g/mol. The fourth-order valence-electron chi connectivity index (χ4n) is 1.72. The minimum atomic E-state index is -3.72. The summed E-state index contributed by atoms with van der Waals surface area (Å²) in [4.78, 5) is 17.7. The number of aryl methyl sites for hydroxylation is 1. The maximum Gasteiger partial charge on any atom is 0.352 e. The number of carbonyl (C=O) groups is 1. The quantitative estimate of drug-likeness (QED) is 0.692. The highest BCUT2D eigenvalue weighted by Crippen LogP contribution is 2.13. The first-order valence-corrected chi connectivity index (χ1v) is 7.26. The Morgan fingerprint density at radius 2 is 2.30 bits per heavy atom. The summed E-state index contributed by atoms with van der Waals surface area (Å²) in [7, 11) is -2.25. The van der Waals surface area contributed by atoms with E-state index in [-0.39, 0.29) is 17.1 Å². The Morgan fingerprint density at radius 1 is 1.55 bits per heavy atom. The standard InChI is InChI=1S/C11H14N4O4S/c1-15-7-8(6-9(15)11(16)17)20(18,19)14-3-2-10-12-4-5-13-10/h4-7,14H,2-3H2,1H3,(H,12,13)(H,16,17). The van der Waals surface area contributed by atoms with Gasteiger partial charge in [0.2, 0.25) is 10.0 Å². The molecule has 108 valence electrons. The van der Waals surface area contributed by atoms with E-state index in [1.165, 1.54) is 17.8 Å². The van der Waals surface area contributed by atoms with Crippen molar-refractivity contribution < 1.29 is 18.3 Å². The highest BCUT2D eigenvalue weighted by molar-refractivity contribution is 7.89. The number of aromatic amines is 1. The van der Waals surface area contributed by atoms with Gasteiger partial charge < -0.3 is 14.7 Å². The number of nitrogens with zero attached hydrogens (tertiary/aromatic N) is 2. The molecule has 3 N–H and O–H groups in total. The summed E-state index contributed by atoms with van der Waals surface area (Å²) in [5.41, 5.74) is -0.0867.